The zero-order chi connectivity index (χ0) is 14.7. The first kappa shape index (κ1) is 14.9. The molecule has 1 aliphatic carbocycles. The van der Waals surface area contributed by atoms with Gasteiger partial charge in [0, 0.05) is 11.9 Å². The van der Waals surface area contributed by atoms with E-state index in [2.05, 4.69) is 15.3 Å². The number of rotatable bonds is 3. The van der Waals surface area contributed by atoms with Crippen LogP contribution in [0.25, 0.3) is 0 Å². The zero-order valence-corrected chi connectivity index (χ0v) is 13.3. The van der Waals surface area contributed by atoms with Gasteiger partial charge in [0.05, 0.1) is 5.69 Å². The van der Waals surface area contributed by atoms with Gasteiger partial charge < -0.3 is 0 Å². The third kappa shape index (κ3) is 3.44. The Labute approximate surface area is 129 Å². The van der Waals surface area contributed by atoms with E-state index >= 15 is 0 Å². The molecule has 0 radical (unpaired) electrons. The molecule has 21 heavy (non-hydrogen) atoms. The van der Waals surface area contributed by atoms with E-state index in [-0.39, 0.29) is 5.91 Å². The summed E-state index contributed by atoms with van der Waals surface area (Å²) < 4.78 is 0. The lowest BCUT2D eigenvalue weighted by atomic mass is 9.68. The van der Waals surface area contributed by atoms with E-state index in [4.69, 9.17) is 5.84 Å². The Kier molecular flexibility index (Phi) is 4.57. The Morgan fingerprint density at radius 2 is 2.00 bits per heavy atom. The van der Waals surface area contributed by atoms with Crippen LogP contribution in [0.4, 0.5) is 0 Å². The second-order valence-corrected chi connectivity index (χ2v) is 7.31. The van der Waals surface area contributed by atoms with Crippen LogP contribution in [0, 0.1) is 5.41 Å². The van der Waals surface area contributed by atoms with Gasteiger partial charge in [0.25, 0.3) is 5.91 Å². The van der Waals surface area contributed by atoms with Crippen molar-refractivity contribution in [3.05, 3.63) is 16.1 Å². The van der Waals surface area contributed by atoms with E-state index < -0.39 is 0 Å². The van der Waals surface area contributed by atoms with E-state index in [9.17, 15) is 4.79 Å². The Morgan fingerprint density at radius 3 is 2.67 bits per heavy atom. The Balaban J connectivity index is 1.53. The minimum atomic E-state index is -0.300. The van der Waals surface area contributed by atoms with Crippen molar-refractivity contribution < 1.29 is 4.79 Å². The Hall–Kier alpha value is -0.980. The fraction of sp³-hybridized carbons (Fsp3) is 0.733. The molecule has 1 saturated heterocycles. The van der Waals surface area contributed by atoms with Crippen molar-refractivity contribution in [1.29, 1.82) is 0 Å². The molecule has 1 aromatic rings. The Bertz CT molecular complexity index is 486. The first-order chi connectivity index (χ1) is 10.2. The smallest absolute Gasteiger partial charge is 0.294 e. The summed E-state index contributed by atoms with van der Waals surface area (Å²) in [6, 6.07) is 0. The summed E-state index contributed by atoms with van der Waals surface area (Å²) in [5.41, 5.74) is 3.76. The molecule has 2 aliphatic rings. The van der Waals surface area contributed by atoms with Crippen molar-refractivity contribution in [3.8, 4) is 0 Å². The van der Waals surface area contributed by atoms with Crippen LogP contribution in [0.3, 0.4) is 0 Å². The Morgan fingerprint density at radius 1 is 1.29 bits per heavy atom. The minimum absolute atomic E-state index is 0.300. The van der Waals surface area contributed by atoms with Crippen LogP contribution in [-0.4, -0.2) is 28.9 Å². The highest BCUT2D eigenvalue weighted by Gasteiger charge is 2.35. The minimum Gasteiger partial charge on any atom is -0.297 e. The first-order valence-electron chi connectivity index (χ1n) is 7.88. The lowest BCUT2D eigenvalue weighted by Gasteiger charge is -2.44. The van der Waals surface area contributed by atoms with Gasteiger partial charge in [-0.2, -0.15) is 0 Å². The van der Waals surface area contributed by atoms with Crippen LogP contribution < -0.4 is 11.3 Å². The van der Waals surface area contributed by atoms with E-state index in [0.29, 0.717) is 10.4 Å². The van der Waals surface area contributed by atoms with Crippen molar-refractivity contribution in [2.24, 2.45) is 11.3 Å². The number of piperidine rings is 1. The third-order valence-electron chi connectivity index (χ3n) is 5.09. The molecule has 0 atom stereocenters. The largest absolute Gasteiger partial charge is 0.297 e. The summed E-state index contributed by atoms with van der Waals surface area (Å²) in [4.78, 5) is 18.3. The molecule has 6 heteroatoms. The van der Waals surface area contributed by atoms with Gasteiger partial charge in [-0.1, -0.05) is 19.3 Å². The highest BCUT2D eigenvalue weighted by Crippen LogP contribution is 2.44. The number of nitrogens with two attached hydrogens (primary N) is 1. The number of nitrogen functional groups attached to an aromatic ring is 1. The average Bonchev–Trinajstić information content (AvgIpc) is 2.98. The third-order valence-corrected chi connectivity index (χ3v) is 5.98. The number of aromatic nitrogens is 1. The number of hydrogen-bond donors (Lipinski definition) is 2. The van der Waals surface area contributed by atoms with Crippen molar-refractivity contribution in [3.63, 3.8) is 0 Å². The maximum absolute atomic E-state index is 11.4. The predicted octanol–water partition coefficient (Wildman–Crippen LogP) is 2.29. The van der Waals surface area contributed by atoms with Crippen LogP contribution in [0.15, 0.2) is 5.38 Å². The number of nitrogens with one attached hydrogen (secondary N) is 1. The van der Waals surface area contributed by atoms with Gasteiger partial charge >= 0.3 is 0 Å². The standard InChI is InChI=1S/C15H24N4OS/c16-18-13(20)14-17-12(11-21-14)10-19-8-6-15(7-9-19)4-2-1-3-5-15/h11H,1-10,16H2,(H,18,20). The summed E-state index contributed by atoms with van der Waals surface area (Å²) in [7, 11) is 0. The molecular formula is C15H24N4OS. The molecule has 1 aliphatic heterocycles. The van der Waals surface area contributed by atoms with Gasteiger partial charge in [0.15, 0.2) is 5.01 Å². The summed E-state index contributed by atoms with van der Waals surface area (Å²) in [6.45, 7) is 3.18. The number of nitrogens with zero attached hydrogens (tertiary/aromatic N) is 2. The van der Waals surface area contributed by atoms with Crippen LogP contribution in [0.2, 0.25) is 0 Å². The number of hydrazine groups is 1. The van der Waals surface area contributed by atoms with Crippen LogP contribution >= 0.6 is 11.3 Å². The quantitative estimate of drug-likeness (QED) is 0.510. The SMILES string of the molecule is NNC(=O)c1nc(CN2CCC3(CCCCC3)CC2)cs1. The fourth-order valence-electron chi connectivity index (χ4n) is 3.76. The number of carbonyl (C=O) groups excluding carboxylic acids is 1. The van der Waals surface area contributed by atoms with Gasteiger partial charge in [0.2, 0.25) is 0 Å². The highest BCUT2D eigenvalue weighted by atomic mass is 32.1. The molecule has 1 saturated carbocycles. The normalized spacial score (nSPS) is 22.3. The van der Waals surface area contributed by atoms with E-state index in [1.807, 2.05) is 5.38 Å². The van der Waals surface area contributed by atoms with Gasteiger partial charge in [0.1, 0.15) is 0 Å². The molecule has 2 heterocycles. The highest BCUT2D eigenvalue weighted by molar-refractivity contribution is 7.11. The van der Waals surface area contributed by atoms with Crippen LogP contribution in [-0.2, 0) is 6.54 Å². The number of thiazole rings is 1. The van der Waals surface area contributed by atoms with Crippen molar-refractivity contribution in [2.45, 2.75) is 51.5 Å². The average molecular weight is 308 g/mol. The summed E-state index contributed by atoms with van der Waals surface area (Å²) in [5, 5.41) is 2.42. The second kappa shape index (κ2) is 6.42. The lowest BCUT2D eigenvalue weighted by molar-refractivity contribution is 0.0636. The molecule has 0 unspecified atom stereocenters. The molecule has 3 rings (SSSR count). The number of likely N-dealkylation sites (tertiary alicyclic amines) is 1. The van der Waals surface area contributed by atoms with Gasteiger partial charge in [-0.3, -0.25) is 15.1 Å². The first-order valence-corrected chi connectivity index (χ1v) is 8.76. The zero-order valence-electron chi connectivity index (χ0n) is 12.4. The van der Waals surface area contributed by atoms with Crippen LogP contribution in [0.1, 0.15) is 60.4 Å². The summed E-state index contributed by atoms with van der Waals surface area (Å²) in [6.07, 6.45) is 9.78. The lowest BCUT2D eigenvalue weighted by Crippen LogP contribution is -2.40. The topological polar surface area (TPSA) is 71.2 Å². The predicted molar refractivity (Wildman–Crippen MR) is 83.8 cm³/mol. The van der Waals surface area contributed by atoms with Gasteiger partial charge in [-0.25, -0.2) is 10.8 Å². The fourth-order valence-corrected chi connectivity index (χ4v) is 4.47. The van der Waals surface area contributed by atoms with Crippen molar-refractivity contribution >= 4 is 17.2 Å². The van der Waals surface area contributed by atoms with Crippen LogP contribution in [0.5, 0.6) is 0 Å². The molecule has 1 aromatic heterocycles. The molecule has 0 bridgehead atoms. The number of amides is 1. The number of carbonyl (C=O) groups is 1. The summed E-state index contributed by atoms with van der Waals surface area (Å²) >= 11 is 1.36. The molecule has 2 fully saturated rings. The van der Waals surface area contributed by atoms with E-state index in [1.165, 1.54) is 56.3 Å². The summed E-state index contributed by atoms with van der Waals surface area (Å²) in [5.74, 6) is 4.83. The molecular weight excluding hydrogens is 284 g/mol. The molecule has 1 spiro atoms. The van der Waals surface area contributed by atoms with Crippen molar-refractivity contribution in [1.82, 2.24) is 15.3 Å². The molecule has 116 valence electrons. The molecule has 3 N–H and O–H groups in total. The molecule has 0 aromatic carbocycles. The van der Waals surface area contributed by atoms with E-state index in [1.54, 1.807) is 0 Å². The molecule has 5 nitrogen and oxygen atoms in total. The monoisotopic (exact) mass is 308 g/mol. The maximum Gasteiger partial charge on any atom is 0.294 e. The number of hydrogen-bond acceptors (Lipinski definition) is 5. The van der Waals surface area contributed by atoms with E-state index in [0.717, 1.165) is 25.3 Å². The molecule has 1 amide bonds. The van der Waals surface area contributed by atoms with Gasteiger partial charge in [-0.15, -0.1) is 11.3 Å². The second-order valence-electron chi connectivity index (χ2n) is 6.45. The van der Waals surface area contributed by atoms with Gasteiger partial charge in [-0.05, 0) is 44.2 Å². The maximum atomic E-state index is 11.4. The van der Waals surface area contributed by atoms with Crippen molar-refractivity contribution in [2.75, 3.05) is 13.1 Å².